The molecular weight excluding hydrogens is 406 g/mol. The smallest absolute Gasteiger partial charge is 0.265 e. The van der Waals surface area contributed by atoms with Crippen molar-refractivity contribution in [2.24, 2.45) is 0 Å². The summed E-state index contributed by atoms with van der Waals surface area (Å²) in [5, 5.41) is 16.5. The van der Waals surface area contributed by atoms with E-state index in [4.69, 9.17) is 5.11 Å². The van der Waals surface area contributed by atoms with E-state index >= 15 is 0 Å². The van der Waals surface area contributed by atoms with Gasteiger partial charge in [-0.3, -0.25) is 9.59 Å². The predicted octanol–water partition coefficient (Wildman–Crippen LogP) is 4.48. The van der Waals surface area contributed by atoms with Crippen molar-refractivity contribution in [2.45, 2.75) is 6.42 Å². The molecule has 3 aromatic rings. The number of rotatable bonds is 8. The van der Waals surface area contributed by atoms with Crippen molar-refractivity contribution in [1.82, 2.24) is 0 Å². The van der Waals surface area contributed by atoms with E-state index in [0.717, 1.165) is 11.3 Å². The fourth-order valence-electron chi connectivity index (χ4n) is 2.72. The Morgan fingerprint density at radius 2 is 1.79 bits per heavy atom. The average Bonchev–Trinajstić information content (AvgIpc) is 3.21. The number of nitrogens with one attached hydrogen (secondary N) is 3. The van der Waals surface area contributed by atoms with Crippen molar-refractivity contribution in [3.63, 3.8) is 0 Å². The molecule has 0 fully saturated rings. The Balaban J connectivity index is 1.68. The van der Waals surface area contributed by atoms with Crippen LogP contribution in [-0.4, -0.2) is 29.8 Å². The molecule has 0 aliphatic carbocycles. The number of hydrogen-bond acceptors (Lipinski definition) is 6. The van der Waals surface area contributed by atoms with Crippen molar-refractivity contribution < 1.29 is 14.7 Å². The first kappa shape index (κ1) is 20.9. The van der Waals surface area contributed by atoms with Gasteiger partial charge in [0.1, 0.15) is 0 Å². The molecule has 3 rings (SSSR count). The van der Waals surface area contributed by atoms with Crippen LogP contribution < -0.4 is 15.4 Å². The molecule has 29 heavy (non-hydrogen) atoms. The highest BCUT2D eigenvalue weighted by Gasteiger charge is 2.15. The van der Waals surface area contributed by atoms with E-state index < -0.39 is 0 Å². The molecule has 6 nitrogen and oxygen atoms in total. The molecule has 2 aromatic carbocycles. The van der Waals surface area contributed by atoms with Gasteiger partial charge in [-0.05, 0) is 42.3 Å². The van der Waals surface area contributed by atoms with Crippen LogP contribution in [0.1, 0.15) is 25.6 Å². The average molecular weight is 428 g/mol. The van der Waals surface area contributed by atoms with E-state index in [1.165, 1.54) is 23.3 Å². The number of carbonyl (C=O) groups is 2. The minimum atomic E-state index is -0.295. The fourth-order valence-corrected chi connectivity index (χ4v) is 3.87. The van der Waals surface area contributed by atoms with Gasteiger partial charge in [-0.25, -0.2) is 0 Å². The molecule has 1 aromatic heterocycles. The summed E-state index contributed by atoms with van der Waals surface area (Å²) in [5.74, 6) is -0.562. The van der Waals surface area contributed by atoms with Gasteiger partial charge in [-0.15, -0.1) is 11.3 Å². The molecule has 8 heteroatoms. The quantitative estimate of drug-likeness (QED) is 0.398. The van der Waals surface area contributed by atoms with E-state index in [0.29, 0.717) is 28.2 Å². The van der Waals surface area contributed by atoms with E-state index in [1.54, 1.807) is 17.5 Å². The van der Waals surface area contributed by atoms with Crippen LogP contribution >= 0.6 is 23.3 Å². The molecule has 0 aliphatic heterocycles. The van der Waals surface area contributed by atoms with Gasteiger partial charge < -0.3 is 20.5 Å². The normalized spacial score (nSPS) is 10.4. The zero-order valence-electron chi connectivity index (χ0n) is 15.8. The number of thiophene rings is 1. The standard InChI is InChI=1S/C21H21N3O3S2/c1-28-24-17-7-4-6-16(12-17)22-21(27)19-11-15(13-29-19)20(26)23-18-8-3-2-5-14(18)9-10-25/h2-8,11-13,24-25H,9-10H2,1H3,(H,22,27)(H,23,26). The Kier molecular flexibility index (Phi) is 7.29. The number of amides is 2. The summed E-state index contributed by atoms with van der Waals surface area (Å²) in [6.45, 7) is 0.00329. The molecule has 4 N–H and O–H groups in total. The summed E-state index contributed by atoms with van der Waals surface area (Å²) >= 11 is 2.68. The minimum Gasteiger partial charge on any atom is -0.396 e. The Bertz CT molecular complexity index is 1000. The first-order valence-corrected chi connectivity index (χ1v) is 11.0. The third kappa shape index (κ3) is 5.60. The molecule has 0 bridgehead atoms. The van der Waals surface area contributed by atoms with Crippen molar-refractivity contribution in [3.8, 4) is 0 Å². The summed E-state index contributed by atoms with van der Waals surface area (Å²) in [7, 11) is 0. The van der Waals surface area contributed by atoms with Gasteiger partial charge in [-0.1, -0.05) is 36.2 Å². The first-order chi connectivity index (χ1) is 14.1. The van der Waals surface area contributed by atoms with Gasteiger partial charge in [0.25, 0.3) is 11.8 Å². The van der Waals surface area contributed by atoms with E-state index in [2.05, 4.69) is 15.4 Å². The Labute approximate surface area is 177 Å². The number of carbonyl (C=O) groups excluding carboxylic acids is 2. The van der Waals surface area contributed by atoms with Crippen LogP contribution in [0.25, 0.3) is 0 Å². The molecule has 0 saturated carbocycles. The first-order valence-electron chi connectivity index (χ1n) is 8.89. The van der Waals surface area contributed by atoms with Crippen molar-refractivity contribution in [1.29, 1.82) is 0 Å². The van der Waals surface area contributed by atoms with E-state index in [9.17, 15) is 9.59 Å². The summed E-state index contributed by atoms with van der Waals surface area (Å²) < 4.78 is 3.12. The van der Waals surface area contributed by atoms with Crippen molar-refractivity contribution >= 4 is 52.2 Å². The monoisotopic (exact) mass is 427 g/mol. The van der Waals surface area contributed by atoms with Crippen molar-refractivity contribution in [3.05, 3.63) is 76.0 Å². The van der Waals surface area contributed by atoms with E-state index in [1.807, 2.05) is 48.7 Å². The largest absolute Gasteiger partial charge is 0.396 e. The second-order valence-electron chi connectivity index (χ2n) is 6.13. The zero-order chi connectivity index (χ0) is 20.6. The molecule has 0 aliphatic rings. The number of aliphatic hydroxyl groups excluding tert-OH is 1. The third-order valence-corrected chi connectivity index (χ3v) is 5.44. The van der Waals surface area contributed by atoms with Gasteiger partial charge in [0.05, 0.1) is 10.4 Å². The van der Waals surface area contributed by atoms with Gasteiger partial charge in [-0.2, -0.15) is 0 Å². The summed E-state index contributed by atoms with van der Waals surface area (Å²) in [5.41, 5.74) is 3.49. The maximum Gasteiger partial charge on any atom is 0.265 e. The number of para-hydroxylation sites is 1. The molecule has 0 atom stereocenters. The SMILES string of the molecule is CSNc1cccc(NC(=O)c2cc(C(=O)Nc3ccccc3CCO)cs2)c1. The number of aliphatic hydroxyl groups is 1. The fraction of sp³-hybridized carbons (Fsp3) is 0.143. The lowest BCUT2D eigenvalue weighted by Gasteiger charge is -2.09. The number of anilines is 3. The van der Waals surface area contributed by atoms with Gasteiger partial charge in [0.2, 0.25) is 0 Å². The Morgan fingerprint density at radius 3 is 2.59 bits per heavy atom. The third-order valence-electron chi connectivity index (χ3n) is 4.07. The van der Waals surface area contributed by atoms with Crippen LogP contribution in [0.15, 0.2) is 60.0 Å². The molecule has 0 unspecified atom stereocenters. The lowest BCUT2D eigenvalue weighted by molar-refractivity contribution is 0.102. The summed E-state index contributed by atoms with van der Waals surface area (Å²) in [6, 6.07) is 16.3. The van der Waals surface area contributed by atoms with Gasteiger partial charge in [0, 0.05) is 35.3 Å². The summed E-state index contributed by atoms with van der Waals surface area (Å²) in [4.78, 5) is 25.5. The van der Waals surface area contributed by atoms with Crippen LogP contribution in [0.5, 0.6) is 0 Å². The van der Waals surface area contributed by atoms with Gasteiger partial charge in [0.15, 0.2) is 0 Å². The highest BCUT2D eigenvalue weighted by atomic mass is 32.2. The Morgan fingerprint density at radius 1 is 1.00 bits per heavy atom. The number of hydrogen-bond donors (Lipinski definition) is 4. The summed E-state index contributed by atoms with van der Waals surface area (Å²) in [6.07, 6.45) is 2.38. The topological polar surface area (TPSA) is 90.5 Å². The minimum absolute atomic E-state index is 0.00329. The molecule has 150 valence electrons. The molecular formula is C21H21N3O3S2. The second-order valence-corrected chi connectivity index (χ2v) is 7.65. The second kappa shape index (κ2) is 10.1. The van der Waals surface area contributed by atoms with Gasteiger partial charge >= 0.3 is 0 Å². The lowest BCUT2D eigenvalue weighted by Crippen LogP contribution is -2.13. The van der Waals surface area contributed by atoms with Crippen LogP contribution in [-0.2, 0) is 6.42 Å². The zero-order valence-corrected chi connectivity index (χ0v) is 17.4. The highest BCUT2D eigenvalue weighted by Crippen LogP contribution is 2.22. The lowest BCUT2D eigenvalue weighted by atomic mass is 10.1. The predicted molar refractivity (Wildman–Crippen MR) is 121 cm³/mol. The Hall–Kier alpha value is -2.81. The van der Waals surface area contributed by atoms with Crippen LogP contribution in [0.4, 0.5) is 17.1 Å². The van der Waals surface area contributed by atoms with Crippen molar-refractivity contribution in [2.75, 3.05) is 28.2 Å². The molecule has 0 spiro atoms. The van der Waals surface area contributed by atoms with Crippen LogP contribution in [0.3, 0.4) is 0 Å². The van der Waals surface area contributed by atoms with E-state index in [-0.39, 0.29) is 18.4 Å². The molecule has 2 amide bonds. The molecule has 0 radical (unpaired) electrons. The highest BCUT2D eigenvalue weighted by molar-refractivity contribution is 7.99. The van der Waals surface area contributed by atoms with Crippen LogP contribution in [0, 0.1) is 0 Å². The van der Waals surface area contributed by atoms with Crippen LogP contribution in [0.2, 0.25) is 0 Å². The number of benzene rings is 2. The maximum absolute atomic E-state index is 12.6. The maximum atomic E-state index is 12.6. The molecule has 0 saturated heterocycles. The molecule has 1 heterocycles.